The summed E-state index contributed by atoms with van der Waals surface area (Å²) in [7, 11) is 0. The summed E-state index contributed by atoms with van der Waals surface area (Å²) in [6.45, 7) is 0.130. The van der Waals surface area contributed by atoms with E-state index in [-0.39, 0.29) is 18.4 Å². The fraction of sp³-hybridized carbons (Fsp3) is 0.0952. The number of rotatable bonds is 7. The van der Waals surface area contributed by atoms with E-state index in [1.54, 1.807) is 42.5 Å². The quantitative estimate of drug-likeness (QED) is 0.424. The number of ether oxygens (including phenoxy) is 1. The van der Waals surface area contributed by atoms with Gasteiger partial charge in [0.1, 0.15) is 5.75 Å². The number of hydrogen-bond donors (Lipinski definition) is 1. The van der Waals surface area contributed by atoms with Gasteiger partial charge in [-0.2, -0.15) is 9.67 Å². The molecule has 9 heteroatoms. The molecule has 0 saturated heterocycles. The smallest absolute Gasteiger partial charge is 0.287 e. The van der Waals surface area contributed by atoms with Gasteiger partial charge in [0.05, 0.1) is 6.26 Å². The number of hydrogen-bond acceptors (Lipinski definition) is 6. The Morgan fingerprint density at radius 1 is 1.07 bits per heavy atom. The second-order valence-corrected chi connectivity index (χ2v) is 7.07. The number of nitrogens with zero attached hydrogens (tertiary/aromatic N) is 3. The fourth-order valence-electron chi connectivity index (χ4n) is 2.66. The topological polar surface area (TPSA) is 82.2 Å². The van der Waals surface area contributed by atoms with Crippen molar-refractivity contribution in [2.24, 2.45) is 0 Å². The van der Waals surface area contributed by atoms with Crippen LogP contribution in [0.3, 0.4) is 0 Å². The molecule has 1 N–H and O–H groups in total. The van der Waals surface area contributed by atoms with Crippen molar-refractivity contribution in [3.05, 3.63) is 82.5 Å². The monoisotopic (exact) mass is 442 g/mol. The first-order valence-corrected chi connectivity index (χ1v) is 9.75. The zero-order valence-corrected chi connectivity index (χ0v) is 17.1. The summed E-state index contributed by atoms with van der Waals surface area (Å²) in [6, 6.07) is 17.6. The standard InChI is InChI=1S/C21H16Cl2N4O3/c22-15-7-9-16(10-8-15)30-13-19(28)27-21(24-12-14-4-1-2-5-17(14)23)25-20(26-27)18-6-3-11-29-18/h1-11H,12-13H2,(H,24,25,26). The van der Waals surface area contributed by atoms with Gasteiger partial charge >= 0.3 is 0 Å². The van der Waals surface area contributed by atoms with E-state index >= 15 is 0 Å². The van der Waals surface area contributed by atoms with Crippen LogP contribution in [-0.2, 0) is 6.54 Å². The number of nitrogens with one attached hydrogen (secondary N) is 1. The summed E-state index contributed by atoms with van der Waals surface area (Å²) >= 11 is 12.1. The van der Waals surface area contributed by atoms with Crippen LogP contribution in [0.1, 0.15) is 10.4 Å². The van der Waals surface area contributed by atoms with Gasteiger partial charge in [0, 0.05) is 16.6 Å². The summed E-state index contributed by atoms with van der Waals surface area (Å²) in [5.41, 5.74) is 0.859. The second-order valence-electron chi connectivity index (χ2n) is 6.23. The Hall–Kier alpha value is -3.29. The third-order valence-electron chi connectivity index (χ3n) is 4.16. The van der Waals surface area contributed by atoms with Crippen molar-refractivity contribution in [2.45, 2.75) is 6.54 Å². The van der Waals surface area contributed by atoms with Gasteiger partial charge in [-0.1, -0.05) is 41.4 Å². The van der Waals surface area contributed by atoms with E-state index in [0.29, 0.717) is 28.1 Å². The fourth-order valence-corrected chi connectivity index (χ4v) is 2.99. The molecule has 0 amide bonds. The molecule has 0 fully saturated rings. The lowest BCUT2D eigenvalue weighted by Crippen LogP contribution is -2.22. The molecular formula is C21H16Cl2N4O3. The molecule has 0 aliphatic heterocycles. The Labute approximate surface area is 182 Å². The summed E-state index contributed by atoms with van der Waals surface area (Å²) in [4.78, 5) is 17.2. The number of aromatic nitrogens is 3. The molecule has 2 aromatic heterocycles. The Morgan fingerprint density at radius 3 is 2.60 bits per heavy atom. The predicted molar refractivity (Wildman–Crippen MR) is 114 cm³/mol. The van der Waals surface area contributed by atoms with Gasteiger partial charge in [-0.15, -0.1) is 5.10 Å². The maximum Gasteiger partial charge on any atom is 0.287 e. The van der Waals surface area contributed by atoms with Gasteiger partial charge in [0.25, 0.3) is 5.91 Å². The average Bonchev–Trinajstić information content (AvgIpc) is 3.42. The molecule has 0 saturated carbocycles. The van der Waals surface area contributed by atoms with E-state index in [4.69, 9.17) is 32.4 Å². The predicted octanol–water partition coefficient (Wildman–Crippen LogP) is 5.18. The first-order chi connectivity index (χ1) is 14.6. The highest BCUT2D eigenvalue weighted by atomic mass is 35.5. The third-order valence-corrected chi connectivity index (χ3v) is 4.78. The van der Waals surface area contributed by atoms with Gasteiger partial charge in [0.2, 0.25) is 11.8 Å². The molecule has 0 spiro atoms. The van der Waals surface area contributed by atoms with Crippen LogP contribution >= 0.6 is 23.2 Å². The van der Waals surface area contributed by atoms with E-state index in [1.807, 2.05) is 18.2 Å². The number of anilines is 1. The molecular weight excluding hydrogens is 427 g/mol. The van der Waals surface area contributed by atoms with Crippen molar-refractivity contribution in [3.63, 3.8) is 0 Å². The molecule has 7 nitrogen and oxygen atoms in total. The molecule has 0 unspecified atom stereocenters. The van der Waals surface area contributed by atoms with Crippen molar-refractivity contribution >= 4 is 35.1 Å². The molecule has 0 bridgehead atoms. The summed E-state index contributed by atoms with van der Waals surface area (Å²) in [6.07, 6.45) is 1.51. The summed E-state index contributed by atoms with van der Waals surface area (Å²) < 4.78 is 12.1. The molecule has 0 radical (unpaired) electrons. The lowest BCUT2D eigenvalue weighted by Gasteiger charge is -2.09. The van der Waals surface area contributed by atoms with E-state index in [2.05, 4.69) is 15.4 Å². The number of benzene rings is 2. The molecule has 4 aromatic rings. The lowest BCUT2D eigenvalue weighted by molar-refractivity contribution is 0.0824. The molecule has 2 heterocycles. The summed E-state index contributed by atoms with van der Waals surface area (Å²) in [5, 5.41) is 8.58. The van der Waals surface area contributed by atoms with E-state index in [0.717, 1.165) is 10.2 Å². The molecule has 30 heavy (non-hydrogen) atoms. The molecule has 0 aliphatic rings. The first-order valence-electron chi connectivity index (χ1n) is 9.00. The zero-order chi connectivity index (χ0) is 20.9. The number of carbonyl (C=O) groups excluding carboxylic acids is 1. The van der Waals surface area contributed by atoms with Crippen molar-refractivity contribution < 1.29 is 13.9 Å². The van der Waals surface area contributed by atoms with Crippen molar-refractivity contribution in [3.8, 4) is 17.3 Å². The minimum absolute atomic E-state index is 0.233. The highest BCUT2D eigenvalue weighted by Gasteiger charge is 2.19. The SMILES string of the molecule is O=C(COc1ccc(Cl)cc1)n1nc(-c2ccco2)nc1NCc1ccccc1Cl. The molecule has 4 rings (SSSR count). The van der Waals surface area contributed by atoms with Crippen LogP contribution in [0.15, 0.2) is 71.3 Å². The van der Waals surface area contributed by atoms with Gasteiger partial charge < -0.3 is 14.5 Å². The third kappa shape index (κ3) is 4.64. The summed E-state index contributed by atoms with van der Waals surface area (Å²) in [5.74, 6) is 1.09. The average molecular weight is 443 g/mol. The highest BCUT2D eigenvalue weighted by Crippen LogP contribution is 2.21. The van der Waals surface area contributed by atoms with Gasteiger partial charge in [-0.3, -0.25) is 4.79 Å². The van der Waals surface area contributed by atoms with Gasteiger partial charge in [0.15, 0.2) is 12.4 Å². The zero-order valence-electron chi connectivity index (χ0n) is 15.6. The van der Waals surface area contributed by atoms with E-state index < -0.39 is 5.91 Å². The molecule has 2 aromatic carbocycles. The maximum atomic E-state index is 12.8. The Bertz CT molecular complexity index is 1140. The van der Waals surface area contributed by atoms with Gasteiger partial charge in [-0.25, -0.2) is 0 Å². The van der Waals surface area contributed by atoms with E-state index in [1.165, 1.54) is 6.26 Å². The molecule has 0 aliphatic carbocycles. The van der Waals surface area contributed by atoms with Crippen LogP contribution in [0.2, 0.25) is 10.0 Å². The van der Waals surface area contributed by atoms with Crippen LogP contribution in [0, 0.1) is 0 Å². The van der Waals surface area contributed by atoms with Crippen molar-refractivity contribution in [2.75, 3.05) is 11.9 Å². The van der Waals surface area contributed by atoms with Crippen LogP contribution in [-0.4, -0.2) is 27.3 Å². The lowest BCUT2D eigenvalue weighted by atomic mass is 10.2. The second kappa shape index (κ2) is 9.02. The molecule has 152 valence electrons. The number of halogens is 2. The Balaban J connectivity index is 1.54. The van der Waals surface area contributed by atoms with Crippen LogP contribution in [0.5, 0.6) is 5.75 Å². The van der Waals surface area contributed by atoms with Crippen molar-refractivity contribution in [1.82, 2.24) is 14.8 Å². The highest BCUT2D eigenvalue weighted by molar-refractivity contribution is 6.31. The minimum Gasteiger partial charge on any atom is -0.484 e. The van der Waals surface area contributed by atoms with Crippen molar-refractivity contribution in [1.29, 1.82) is 0 Å². The minimum atomic E-state index is -0.406. The van der Waals surface area contributed by atoms with E-state index in [9.17, 15) is 4.79 Å². The van der Waals surface area contributed by atoms with Crippen LogP contribution in [0.25, 0.3) is 11.6 Å². The Kier molecular flexibility index (Phi) is 6.02. The maximum absolute atomic E-state index is 12.8. The molecule has 0 atom stereocenters. The van der Waals surface area contributed by atoms with Crippen LogP contribution < -0.4 is 10.1 Å². The normalized spacial score (nSPS) is 10.7. The number of furan rings is 1. The first kappa shape index (κ1) is 20.0. The van der Waals surface area contributed by atoms with Crippen LogP contribution in [0.4, 0.5) is 5.95 Å². The van der Waals surface area contributed by atoms with Gasteiger partial charge in [-0.05, 0) is 48.0 Å². The largest absolute Gasteiger partial charge is 0.484 e. The number of carbonyl (C=O) groups is 1. The Morgan fingerprint density at radius 2 is 1.87 bits per heavy atom.